The molecule has 2 atom stereocenters. The lowest BCUT2D eigenvalue weighted by Crippen LogP contribution is -2.20. The van der Waals surface area contributed by atoms with Crippen LogP contribution in [0.4, 0.5) is 0 Å². The molecule has 0 aromatic carbocycles. The van der Waals surface area contributed by atoms with Crippen molar-refractivity contribution in [2.75, 3.05) is 0 Å². The van der Waals surface area contributed by atoms with Crippen LogP contribution in [0.3, 0.4) is 0 Å². The predicted octanol–water partition coefficient (Wildman–Crippen LogP) is 15.5. The first-order valence-corrected chi connectivity index (χ1v) is 20.9. The summed E-state index contributed by atoms with van der Waals surface area (Å²) in [5.41, 5.74) is 0. The lowest BCUT2D eigenvalue weighted by molar-refractivity contribution is 0.0829. The highest BCUT2D eigenvalue weighted by molar-refractivity contribution is 4.70. The summed E-state index contributed by atoms with van der Waals surface area (Å²) < 4.78 is 0. The number of rotatable bonds is 38. The van der Waals surface area contributed by atoms with Crippen molar-refractivity contribution in [3.63, 3.8) is 0 Å². The Kier molecular flexibility index (Phi) is 38.1. The van der Waals surface area contributed by atoms with Crippen molar-refractivity contribution in [2.45, 2.75) is 264 Å². The first-order chi connectivity index (χ1) is 21.3. The van der Waals surface area contributed by atoms with Gasteiger partial charge in [-0.3, -0.25) is 0 Å². The number of hydrogen-bond acceptors (Lipinski definition) is 1. The summed E-state index contributed by atoms with van der Waals surface area (Å²) >= 11 is 0. The Labute approximate surface area is 274 Å². The van der Waals surface area contributed by atoms with Gasteiger partial charge in [0.25, 0.3) is 0 Å². The molecule has 0 bridgehead atoms. The van der Waals surface area contributed by atoms with Crippen molar-refractivity contribution >= 4 is 0 Å². The molecule has 0 radical (unpaired) electrons. The molecule has 0 saturated carbocycles. The smallest absolute Gasteiger partial charge is 0.0568 e. The molecule has 0 aliphatic carbocycles. The minimum atomic E-state index is -0.0456. The molecule has 0 amide bonds. The van der Waals surface area contributed by atoms with Crippen molar-refractivity contribution in [1.29, 1.82) is 0 Å². The quantitative estimate of drug-likeness (QED) is 0.0693. The highest BCUT2D eigenvalue weighted by Crippen LogP contribution is 2.25. The first kappa shape index (κ1) is 43.0. The molecule has 1 heteroatoms. The fourth-order valence-electron chi connectivity index (χ4n) is 7.10. The van der Waals surface area contributed by atoms with Gasteiger partial charge in [-0.25, -0.2) is 0 Å². The fraction of sp³-hybridized carbons (Fsp3) is 1.00. The Bertz CT molecular complexity index is 474. The van der Waals surface area contributed by atoms with Crippen LogP contribution in [0.1, 0.15) is 258 Å². The zero-order valence-corrected chi connectivity index (χ0v) is 30.8. The number of unbranched alkanes of at least 4 members (excludes halogenated alkanes) is 31. The van der Waals surface area contributed by atoms with Gasteiger partial charge in [-0.2, -0.15) is 0 Å². The molecule has 0 rings (SSSR count). The summed E-state index contributed by atoms with van der Waals surface area (Å²) in [7, 11) is 0. The van der Waals surface area contributed by atoms with Crippen molar-refractivity contribution < 1.29 is 5.11 Å². The van der Waals surface area contributed by atoms with Crippen molar-refractivity contribution in [3.8, 4) is 0 Å². The summed E-state index contributed by atoms with van der Waals surface area (Å²) in [5.74, 6) is 0.562. The molecule has 0 aliphatic rings. The van der Waals surface area contributed by atoms with Gasteiger partial charge in [-0.05, 0) is 25.2 Å². The molecule has 0 aromatic rings. The predicted molar refractivity (Wildman–Crippen MR) is 197 cm³/mol. The maximum absolute atomic E-state index is 11.1. The van der Waals surface area contributed by atoms with E-state index in [9.17, 15) is 5.11 Å². The molecule has 43 heavy (non-hydrogen) atoms. The standard InChI is InChI=1S/C42H86O/c1-4-7-10-13-16-18-19-20-21-22-23-24-25-26-27-28-29-31-34-37-40-42(43)41(38-35-32-15-12-9-6-3)39-36-33-30-17-14-11-8-5-2/h41-43H,4-40H2,1-3H3. The van der Waals surface area contributed by atoms with Crippen LogP contribution in [0.2, 0.25) is 0 Å². The van der Waals surface area contributed by atoms with E-state index in [0.29, 0.717) is 5.92 Å². The lowest BCUT2D eigenvalue weighted by Gasteiger charge is -2.23. The number of aliphatic hydroxyl groups excluding tert-OH is 1. The van der Waals surface area contributed by atoms with E-state index >= 15 is 0 Å². The summed E-state index contributed by atoms with van der Waals surface area (Å²) in [5, 5.41) is 11.1. The Balaban J connectivity index is 3.72. The van der Waals surface area contributed by atoms with Crippen LogP contribution in [0.15, 0.2) is 0 Å². The van der Waals surface area contributed by atoms with Gasteiger partial charge in [-0.15, -0.1) is 0 Å². The van der Waals surface area contributed by atoms with Gasteiger partial charge in [0.1, 0.15) is 0 Å². The fourth-order valence-corrected chi connectivity index (χ4v) is 7.10. The van der Waals surface area contributed by atoms with E-state index in [0.717, 1.165) is 6.42 Å². The van der Waals surface area contributed by atoms with Gasteiger partial charge < -0.3 is 5.11 Å². The maximum Gasteiger partial charge on any atom is 0.0568 e. The topological polar surface area (TPSA) is 20.2 Å². The highest BCUT2D eigenvalue weighted by Gasteiger charge is 2.18. The van der Waals surface area contributed by atoms with Crippen LogP contribution in [0.5, 0.6) is 0 Å². The van der Waals surface area contributed by atoms with Crippen molar-refractivity contribution in [1.82, 2.24) is 0 Å². The second kappa shape index (κ2) is 38.1. The third-order valence-electron chi connectivity index (χ3n) is 10.3. The largest absolute Gasteiger partial charge is 0.393 e. The monoisotopic (exact) mass is 607 g/mol. The number of hydrogen-bond donors (Lipinski definition) is 1. The third kappa shape index (κ3) is 34.7. The molecule has 1 N–H and O–H groups in total. The SMILES string of the molecule is CCCCCCCCCCCCCCCCCCCCCCC(O)C(CCCCCCCC)CCCCCCCCCC. The lowest BCUT2D eigenvalue weighted by atomic mass is 9.87. The average molecular weight is 607 g/mol. The number of aliphatic hydroxyl groups is 1. The Morgan fingerprint density at radius 1 is 0.256 bits per heavy atom. The molecule has 2 unspecified atom stereocenters. The van der Waals surface area contributed by atoms with Crippen LogP contribution in [-0.4, -0.2) is 11.2 Å². The highest BCUT2D eigenvalue weighted by atomic mass is 16.3. The van der Waals surface area contributed by atoms with Gasteiger partial charge in [0.05, 0.1) is 6.10 Å². The average Bonchev–Trinajstić information content (AvgIpc) is 3.01. The zero-order valence-electron chi connectivity index (χ0n) is 30.8. The van der Waals surface area contributed by atoms with Gasteiger partial charge >= 0.3 is 0 Å². The minimum absolute atomic E-state index is 0.0456. The first-order valence-electron chi connectivity index (χ1n) is 20.9. The van der Waals surface area contributed by atoms with Crippen molar-refractivity contribution in [3.05, 3.63) is 0 Å². The van der Waals surface area contributed by atoms with E-state index in [1.165, 1.54) is 231 Å². The van der Waals surface area contributed by atoms with Crippen LogP contribution < -0.4 is 0 Å². The van der Waals surface area contributed by atoms with Gasteiger partial charge in [0.2, 0.25) is 0 Å². The van der Waals surface area contributed by atoms with E-state index < -0.39 is 0 Å². The van der Waals surface area contributed by atoms with E-state index in [1.54, 1.807) is 0 Å². The molecular formula is C42H86O. The summed E-state index contributed by atoms with van der Waals surface area (Å²) in [6.45, 7) is 6.91. The molecule has 0 aromatic heterocycles. The van der Waals surface area contributed by atoms with E-state index in [-0.39, 0.29) is 6.10 Å². The van der Waals surface area contributed by atoms with Crippen LogP contribution >= 0.6 is 0 Å². The van der Waals surface area contributed by atoms with Crippen LogP contribution in [0.25, 0.3) is 0 Å². The Morgan fingerprint density at radius 3 is 0.674 bits per heavy atom. The molecule has 0 fully saturated rings. The third-order valence-corrected chi connectivity index (χ3v) is 10.3. The second-order valence-electron chi connectivity index (χ2n) is 14.7. The molecule has 0 heterocycles. The summed E-state index contributed by atoms with van der Waals surface area (Å²) in [6, 6.07) is 0. The molecule has 0 saturated heterocycles. The van der Waals surface area contributed by atoms with E-state index in [4.69, 9.17) is 0 Å². The normalized spacial score (nSPS) is 13.1. The van der Waals surface area contributed by atoms with Gasteiger partial charge in [-0.1, -0.05) is 239 Å². The van der Waals surface area contributed by atoms with Gasteiger partial charge in [0, 0.05) is 0 Å². The molecule has 0 spiro atoms. The Hall–Kier alpha value is -0.0400. The van der Waals surface area contributed by atoms with E-state index in [1.807, 2.05) is 0 Å². The molecule has 1 nitrogen and oxygen atoms in total. The van der Waals surface area contributed by atoms with Crippen LogP contribution in [0, 0.1) is 5.92 Å². The summed E-state index contributed by atoms with van der Waals surface area (Å²) in [6.07, 6.45) is 51.6. The summed E-state index contributed by atoms with van der Waals surface area (Å²) in [4.78, 5) is 0. The zero-order chi connectivity index (χ0) is 31.3. The molecular weight excluding hydrogens is 520 g/mol. The maximum atomic E-state index is 11.1. The van der Waals surface area contributed by atoms with E-state index in [2.05, 4.69) is 20.8 Å². The Morgan fingerprint density at radius 2 is 0.442 bits per heavy atom. The molecule has 0 aliphatic heterocycles. The van der Waals surface area contributed by atoms with Crippen molar-refractivity contribution in [2.24, 2.45) is 5.92 Å². The second-order valence-corrected chi connectivity index (χ2v) is 14.7. The minimum Gasteiger partial charge on any atom is -0.393 e. The van der Waals surface area contributed by atoms with Crippen LogP contribution in [-0.2, 0) is 0 Å². The molecule has 260 valence electrons. The van der Waals surface area contributed by atoms with Gasteiger partial charge in [0.15, 0.2) is 0 Å².